The number of rotatable bonds is 5. The van der Waals surface area contributed by atoms with Crippen LogP contribution in [-0.2, 0) is 19.6 Å². The number of esters is 1. The van der Waals surface area contributed by atoms with Gasteiger partial charge in [-0.15, -0.1) is 0 Å². The largest absolute Gasteiger partial charge is 0.468 e. The lowest BCUT2D eigenvalue weighted by Crippen LogP contribution is -2.51. The first-order valence-electron chi connectivity index (χ1n) is 8.66. The molecule has 0 spiro atoms. The van der Waals surface area contributed by atoms with Gasteiger partial charge in [-0.25, -0.2) is 13.2 Å². The third-order valence-corrected chi connectivity index (χ3v) is 7.17. The van der Waals surface area contributed by atoms with Crippen LogP contribution in [0.15, 0.2) is 53.4 Å². The van der Waals surface area contributed by atoms with Crippen molar-refractivity contribution in [2.24, 2.45) is 0 Å². The third-order valence-electron chi connectivity index (χ3n) is 4.70. The summed E-state index contributed by atoms with van der Waals surface area (Å²) in [4.78, 5) is 14.5. The van der Waals surface area contributed by atoms with Crippen molar-refractivity contribution in [3.8, 4) is 0 Å². The van der Waals surface area contributed by atoms with Gasteiger partial charge in [-0.3, -0.25) is 4.90 Å². The number of carbonyl (C=O) groups is 1. The monoisotopic (exact) mass is 442 g/mol. The third kappa shape index (κ3) is 4.34. The van der Waals surface area contributed by atoms with Gasteiger partial charge < -0.3 is 4.74 Å². The molecule has 150 valence electrons. The minimum atomic E-state index is -3.65. The molecule has 1 heterocycles. The highest BCUT2D eigenvalue weighted by Crippen LogP contribution is 2.30. The Balaban J connectivity index is 1.79. The highest BCUT2D eigenvalue weighted by Gasteiger charge is 2.35. The number of carbonyl (C=O) groups excluding carboxylic acids is 1. The summed E-state index contributed by atoms with van der Waals surface area (Å²) in [5, 5.41) is 0.830. The van der Waals surface area contributed by atoms with Crippen LogP contribution in [0.25, 0.3) is 0 Å². The molecule has 1 unspecified atom stereocenters. The molecule has 1 saturated heterocycles. The topological polar surface area (TPSA) is 66.9 Å². The zero-order chi connectivity index (χ0) is 20.3. The van der Waals surface area contributed by atoms with Gasteiger partial charge in [0.2, 0.25) is 10.0 Å². The van der Waals surface area contributed by atoms with E-state index in [1.54, 1.807) is 36.4 Å². The van der Waals surface area contributed by atoms with E-state index < -0.39 is 22.0 Å². The van der Waals surface area contributed by atoms with E-state index in [0.717, 1.165) is 0 Å². The number of piperazine rings is 1. The molecule has 0 N–H and O–H groups in total. The number of nitrogens with zero attached hydrogens (tertiary/aromatic N) is 2. The zero-order valence-electron chi connectivity index (χ0n) is 15.2. The fraction of sp³-hybridized carbons (Fsp3) is 0.316. The molecule has 0 radical (unpaired) electrons. The van der Waals surface area contributed by atoms with E-state index in [1.807, 2.05) is 4.90 Å². The Hall–Kier alpha value is -1.64. The van der Waals surface area contributed by atoms with Crippen LogP contribution in [0.4, 0.5) is 0 Å². The number of sulfonamides is 1. The Labute approximate surface area is 174 Å². The molecule has 1 aliphatic heterocycles. The molecule has 6 nitrogen and oxygen atoms in total. The summed E-state index contributed by atoms with van der Waals surface area (Å²) < 4.78 is 32.1. The highest BCUT2D eigenvalue weighted by atomic mass is 35.5. The predicted molar refractivity (Wildman–Crippen MR) is 108 cm³/mol. The first kappa shape index (κ1) is 21.1. The van der Waals surface area contributed by atoms with Crippen molar-refractivity contribution in [1.29, 1.82) is 0 Å². The normalized spacial score (nSPS) is 17.2. The molecule has 0 aromatic heterocycles. The number of benzene rings is 2. The number of ether oxygens (including phenoxy) is 1. The van der Waals surface area contributed by atoms with E-state index in [0.29, 0.717) is 28.7 Å². The molecule has 0 bridgehead atoms. The molecule has 3 rings (SSSR count). The maximum absolute atomic E-state index is 12.9. The van der Waals surface area contributed by atoms with Crippen LogP contribution < -0.4 is 0 Å². The molecule has 1 atom stereocenters. The van der Waals surface area contributed by atoms with Gasteiger partial charge in [-0.2, -0.15) is 4.31 Å². The highest BCUT2D eigenvalue weighted by molar-refractivity contribution is 7.89. The van der Waals surface area contributed by atoms with Gasteiger partial charge in [0.15, 0.2) is 0 Å². The summed E-state index contributed by atoms with van der Waals surface area (Å²) in [5.74, 6) is -0.431. The Bertz CT molecular complexity index is 960. The summed E-state index contributed by atoms with van der Waals surface area (Å²) in [6.07, 6.45) is 0. The molecule has 1 fully saturated rings. The van der Waals surface area contributed by atoms with Gasteiger partial charge in [0.1, 0.15) is 6.04 Å². The molecular weight excluding hydrogens is 423 g/mol. The van der Waals surface area contributed by atoms with E-state index in [1.165, 1.54) is 23.5 Å². The van der Waals surface area contributed by atoms with Crippen LogP contribution in [0.1, 0.15) is 11.6 Å². The Kier molecular flexibility index (Phi) is 6.62. The van der Waals surface area contributed by atoms with E-state index in [4.69, 9.17) is 27.9 Å². The van der Waals surface area contributed by atoms with Crippen LogP contribution in [-0.4, -0.2) is 56.9 Å². The average molecular weight is 443 g/mol. The second-order valence-electron chi connectivity index (χ2n) is 6.34. The van der Waals surface area contributed by atoms with Gasteiger partial charge in [0.25, 0.3) is 0 Å². The Morgan fingerprint density at radius 1 is 1.04 bits per heavy atom. The van der Waals surface area contributed by atoms with Crippen molar-refractivity contribution in [2.45, 2.75) is 10.9 Å². The summed E-state index contributed by atoms with van der Waals surface area (Å²) in [7, 11) is -2.33. The van der Waals surface area contributed by atoms with Crippen molar-refractivity contribution in [2.75, 3.05) is 33.3 Å². The van der Waals surface area contributed by atoms with Gasteiger partial charge >= 0.3 is 5.97 Å². The van der Waals surface area contributed by atoms with Gasteiger partial charge in [0, 0.05) is 36.2 Å². The summed E-state index contributed by atoms with van der Waals surface area (Å²) in [6, 6.07) is 12.6. The van der Waals surface area contributed by atoms with Crippen LogP contribution in [0.2, 0.25) is 10.0 Å². The van der Waals surface area contributed by atoms with E-state index in [9.17, 15) is 13.2 Å². The predicted octanol–water partition coefficient (Wildman–Crippen LogP) is 3.21. The molecule has 2 aromatic rings. The summed E-state index contributed by atoms with van der Waals surface area (Å²) in [5.41, 5.74) is 0.641. The zero-order valence-corrected chi connectivity index (χ0v) is 17.5. The molecule has 2 aromatic carbocycles. The maximum Gasteiger partial charge on any atom is 0.327 e. The fourth-order valence-electron chi connectivity index (χ4n) is 3.26. The maximum atomic E-state index is 12.9. The van der Waals surface area contributed by atoms with Crippen LogP contribution in [0.3, 0.4) is 0 Å². The first-order chi connectivity index (χ1) is 13.3. The van der Waals surface area contributed by atoms with Gasteiger partial charge in [-0.1, -0.05) is 47.5 Å². The van der Waals surface area contributed by atoms with Crippen LogP contribution in [0, 0.1) is 0 Å². The standard InChI is InChI=1S/C19H20Cl2N2O4S/c1-27-19(24)18(16-7-2-3-8-17(16)21)22-9-11-23(12-10-22)28(25,26)15-6-4-5-14(20)13-15/h2-8,13,18H,9-12H2,1H3. The smallest absolute Gasteiger partial charge is 0.327 e. The second-order valence-corrected chi connectivity index (χ2v) is 9.13. The quantitative estimate of drug-likeness (QED) is 0.664. The average Bonchev–Trinajstić information content (AvgIpc) is 2.70. The van der Waals surface area contributed by atoms with E-state index in [2.05, 4.69) is 0 Å². The minimum Gasteiger partial charge on any atom is -0.468 e. The van der Waals surface area contributed by atoms with Crippen LogP contribution in [0.5, 0.6) is 0 Å². The Morgan fingerprint density at radius 2 is 1.71 bits per heavy atom. The minimum absolute atomic E-state index is 0.157. The van der Waals surface area contributed by atoms with Crippen molar-refractivity contribution >= 4 is 39.2 Å². The lowest BCUT2D eigenvalue weighted by atomic mass is 10.0. The second kappa shape index (κ2) is 8.80. The van der Waals surface area contributed by atoms with E-state index >= 15 is 0 Å². The Morgan fingerprint density at radius 3 is 2.32 bits per heavy atom. The molecule has 0 saturated carbocycles. The molecule has 0 amide bonds. The number of hydrogen-bond donors (Lipinski definition) is 0. The summed E-state index contributed by atoms with van der Waals surface area (Å²) >= 11 is 12.2. The lowest BCUT2D eigenvalue weighted by molar-refractivity contribution is -0.147. The molecular formula is C19H20Cl2N2O4S. The number of halogens is 2. The lowest BCUT2D eigenvalue weighted by Gasteiger charge is -2.37. The SMILES string of the molecule is COC(=O)C(c1ccccc1Cl)N1CCN(S(=O)(=O)c2cccc(Cl)c2)CC1. The molecule has 28 heavy (non-hydrogen) atoms. The molecule has 9 heteroatoms. The first-order valence-corrected chi connectivity index (χ1v) is 10.9. The molecule has 1 aliphatic rings. The van der Waals surface area contributed by atoms with Crippen molar-refractivity contribution in [1.82, 2.24) is 9.21 Å². The van der Waals surface area contributed by atoms with Gasteiger partial charge in [-0.05, 0) is 29.8 Å². The number of methoxy groups -OCH3 is 1. The van der Waals surface area contributed by atoms with Crippen molar-refractivity contribution < 1.29 is 17.9 Å². The summed E-state index contributed by atoms with van der Waals surface area (Å²) in [6.45, 7) is 1.22. The van der Waals surface area contributed by atoms with E-state index in [-0.39, 0.29) is 18.0 Å². The molecule has 0 aliphatic carbocycles. The van der Waals surface area contributed by atoms with Crippen molar-refractivity contribution in [3.63, 3.8) is 0 Å². The van der Waals surface area contributed by atoms with Crippen LogP contribution >= 0.6 is 23.2 Å². The van der Waals surface area contributed by atoms with Crippen molar-refractivity contribution in [3.05, 3.63) is 64.1 Å². The fourth-order valence-corrected chi connectivity index (χ4v) is 5.22. The van der Waals surface area contributed by atoms with Gasteiger partial charge in [0.05, 0.1) is 12.0 Å². The number of hydrogen-bond acceptors (Lipinski definition) is 5.